The van der Waals surface area contributed by atoms with Crippen molar-refractivity contribution in [1.82, 2.24) is 4.90 Å². The molecule has 25 heavy (non-hydrogen) atoms. The third-order valence-corrected chi connectivity index (χ3v) is 9.04. The highest BCUT2D eigenvalue weighted by atomic mass is 28.4. The molecule has 0 aliphatic heterocycles. The molecule has 0 saturated heterocycles. The molecule has 0 amide bonds. The lowest BCUT2D eigenvalue weighted by Crippen LogP contribution is -2.44. The minimum atomic E-state index is -2.05. The molecule has 0 radical (unpaired) electrons. The molecule has 1 aromatic carbocycles. The van der Waals surface area contributed by atoms with Crippen LogP contribution < -0.4 is 4.43 Å². The topological polar surface area (TPSA) is 49.8 Å². The van der Waals surface area contributed by atoms with E-state index in [1.54, 1.807) is 24.8 Å². The molecule has 0 atom stereocenters. The highest BCUT2D eigenvalue weighted by molar-refractivity contribution is 6.74. The predicted octanol–water partition coefficient (Wildman–Crippen LogP) is 4.47. The second kappa shape index (κ2) is 7.34. The van der Waals surface area contributed by atoms with Crippen LogP contribution in [0.5, 0.6) is 5.75 Å². The fourth-order valence-electron chi connectivity index (χ4n) is 2.24. The lowest BCUT2D eigenvalue weighted by Gasteiger charge is -2.37. The average molecular weight is 364 g/mol. The van der Waals surface area contributed by atoms with Crippen LogP contribution in [-0.4, -0.2) is 43.8 Å². The Balaban J connectivity index is 3.30. The number of nitrogens with zero attached hydrogens (tertiary/aromatic N) is 1. The molecule has 1 rings (SSSR count). The van der Waals surface area contributed by atoms with E-state index in [1.165, 1.54) is 6.08 Å². The number of allylic oxidation sites excluding steroid dienone is 1. The van der Waals surface area contributed by atoms with Gasteiger partial charge in [-0.15, -0.1) is 0 Å². The van der Waals surface area contributed by atoms with Crippen molar-refractivity contribution < 1.29 is 14.3 Å². The van der Waals surface area contributed by atoms with Crippen molar-refractivity contribution in [2.24, 2.45) is 0 Å². The number of ketones is 1. The van der Waals surface area contributed by atoms with Crippen molar-refractivity contribution in [1.29, 1.82) is 0 Å². The van der Waals surface area contributed by atoms with Crippen molar-refractivity contribution in [3.05, 3.63) is 41.6 Å². The number of aliphatic hydroxyl groups is 1. The van der Waals surface area contributed by atoms with Crippen LogP contribution in [-0.2, 0) is 0 Å². The molecule has 0 unspecified atom stereocenters. The highest BCUT2D eigenvalue weighted by Gasteiger charge is 2.39. The Hall–Kier alpha value is -1.59. The van der Waals surface area contributed by atoms with Crippen LogP contribution >= 0.6 is 0 Å². The second-order valence-electron chi connectivity index (χ2n) is 8.71. The standard InChI is InChI=1S/C20H33NO3Si/c1-19(2,3)25(8,9)24-17-13-11-10-12-15(17)16(22)14-18(21(6)7)20(4,5)23/h10-14,23H,1-9H3/b18-14+. The number of carbonyl (C=O) groups excluding carboxylic acids is 1. The molecule has 0 heterocycles. The van der Waals surface area contributed by atoms with Crippen LogP contribution in [0.3, 0.4) is 0 Å². The minimum absolute atomic E-state index is 0.0425. The molecule has 0 saturated carbocycles. The Morgan fingerprint density at radius 2 is 1.64 bits per heavy atom. The Morgan fingerprint density at radius 3 is 2.08 bits per heavy atom. The zero-order valence-corrected chi connectivity index (χ0v) is 18.1. The summed E-state index contributed by atoms with van der Waals surface area (Å²) in [5.74, 6) is 0.448. The van der Waals surface area contributed by atoms with Gasteiger partial charge in [0, 0.05) is 25.9 Å². The van der Waals surface area contributed by atoms with Crippen LogP contribution in [0.2, 0.25) is 18.1 Å². The van der Waals surface area contributed by atoms with Gasteiger partial charge in [-0.1, -0.05) is 32.9 Å². The van der Waals surface area contributed by atoms with E-state index in [0.29, 0.717) is 17.0 Å². The number of benzene rings is 1. The van der Waals surface area contributed by atoms with Crippen molar-refractivity contribution >= 4 is 14.1 Å². The Morgan fingerprint density at radius 1 is 1.12 bits per heavy atom. The van der Waals surface area contributed by atoms with Crippen LogP contribution in [0, 0.1) is 0 Å². The number of hydrogen-bond donors (Lipinski definition) is 1. The first-order valence-electron chi connectivity index (χ1n) is 8.61. The Bertz CT molecular complexity index is 650. The summed E-state index contributed by atoms with van der Waals surface area (Å²) in [4.78, 5) is 14.6. The smallest absolute Gasteiger partial charge is 0.250 e. The monoisotopic (exact) mass is 363 g/mol. The van der Waals surface area contributed by atoms with Gasteiger partial charge in [0.05, 0.1) is 11.2 Å². The Labute approximate surface area is 153 Å². The van der Waals surface area contributed by atoms with E-state index in [9.17, 15) is 9.90 Å². The van der Waals surface area contributed by atoms with E-state index in [-0.39, 0.29) is 10.8 Å². The molecule has 0 aliphatic rings. The molecular weight excluding hydrogens is 330 g/mol. The average Bonchev–Trinajstić information content (AvgIpc) is 2.41. The number of para-hydroxylation sites is 1. The van der Waals surface area contributed by atoms with Gasteiger partial charge in [-0.2, -0.15) is 0 Å². The predicted molar refractivity (Wildman–Crippen MR) is 107 cm³/mol. The summed E-state index contributed by atoms with van der Waals surface area (Å²) in [6.45, 7) is 14.2. The summed E-state index contributed by atoms with van der Waals surface area (Å²) in [7, 11) is 1.58. The van der Waals surface area contributed by atoms with Gasteiger partial charge in [0.1, 0.15) is 5.75 Å². The molecule has 5 heteroatoms. The molecule has 140 valence electrons. The van der Waals surface area contributed by atoms with E-state index in [2.05, 4.69) is 33.9 Å². The summed E-state index contributed by atoms with van der Waals surface area (Å²) in [5.41, 5.74) is -0.0236. The zero-order valence-electron chi connectivity index (χ0n) is 17.1. The summed E-state index contributed by atoms with van der Waals surface area (Å²) in [6.07, 6.45) is 1.49. The number of likely N-dealkylation sites (N-methyl/N-ethyl adjacent to an activating group) is 1. The quantitative estimate of drug-likeness (QED) is 0.460. The van der Waals surface area contributed by atoms with Crippen molar-refractivity contribution in [3.8, 4) is 5.75 Å². The van der Waals surface area contributed by atoms with E-state index in [1.807, 2.05) is 32.3 Å². The van der Waals surface area contributed by atoms with Gasteiger partial charge in [0.2, 0.25) is 0 Å². The number of hydrogen-bond acceptors (Lipinski definition) is 4. The maximum atomic E-state index is 12.9. The second-order valence-corrected chi connectivity index (χ2v) is 13.4. The SMILES string of the molecule is CN(C)/C(=C/C(=O)c1ccccc1O[Si](C)(C)C(C)(C)C)C(C)(C)O. The molecule has 0 aromatic heterocycles. The third kappa shape index (κ3) is 5.44. The van der Waals surface area contributed by atoms with Crippen LogP contribution in [0.15, 0.2) is 36.0 Å². The van der Waals surface area contributed by atoms with Gasteiger partial charge in [0.15, 0.2) is 5.78 Å². The van der Waals surface area contributed by atoms with Crippen LogP contribution in [0.4, 0.5) is 0 Å². The van der Waals surface area contributed by atoms with Crippen LogP contribution in [0.1, 0.15) is 45.0 Å². The van der Waals surface area contributed by atoms with Gasteiger partial charge < -0.3 is 14.4 Å². The Kier molecular flexibility index (Phi) is 6.30. The molecule has 0 fully saturated rings. The van der Waals surface area contributed by atoms with E-state index in [4.69, 9.17) is 4.43 Å². The first-order valence-corrected chi connectivity index (χ1v) is 11.5. The number of rotatable bonds is 6. The lowest BCUT2D eigenvalue weighted by atomic mass is 10.0. The molecule has 1 N–H and O–H groups in total. The molecule has 4 nitrogen and oxygen atoms in total. The zero-order chi connectivity index (χ0) is 19.6. The molecule has 0 spiro atoms. The molecule has 0 aliphatic carbocycles. The van der Waals surface area contributed by atoms with Gasteiger partial charge >= 0.3 is 0 Å². The fraction of sp³-hybridized carbons (Fsp3) is 0.550. The van der Waals surface area contributed by atoms with E-state index < -0.39 is 13.9 Å². The highest BCUT2D eigenvalue weighted by Crippen LogP contribution is 2.38. The summed E-state index contributed by atoms with van der Waals surface area (Å²) < 4.78 is 6.36. The summed E-state index contributed by atoms with van der Waals surface area (Å²) >= 11 is 0. The van der Waals surface area contributed by atoms with E-state index >= 15 is 0 Å². The molecule has 1 aromatic rings. The minimum Gasteiger partial charge on any atom is -0.543 e. The van der Waals surface area contributed by atoms with Crippen molar-refractivity contribution in [3.63, 3.8) is 0 Å². The van der Waals surface area contributed by atoms with E-state index in [0.717, 1.165) is 0 Å². The van der Waals surface area contributed by atoms with Crippen molar-refractivity contribution in [2.45, 2.75) is 58.4 Å². The van der Waals surface area contributed by atoms with Gasteiger partial charge in [-0.3, -0.25) is 4.79 Å². The number of carbonyl (C=O) groups is 1. The first kappa shape index (κ1) is 21.4. The first-order chi connectivity index (χ1) is 11.2. The summed E-state index contributed by atoms with van der Waals surface area (Å²) in [5, 5.41) is 10.4. The van der Waals surface area contributed by atoms with Gasteiger partial charge in [0.25, 0.3) is 8.32 Å². The normalized spacial score (nSPS) is 13.6. The van der Waals surface area contributed by atoms with Crippen molar-refractivity contribution in [2.75, 3.05) is 14.1 Å². The molecular formula is C20H33NO3Si. The third-order valence-electron chi connectivity index (χ3n) is 4.70. The summed E-state index contributed by atoms with van der Waals surface area (Å²) in [6, 6.07) is 7.34. The lowest BCUT2D eigenvalue weighted by molar-refractivity contribution is 0.0888. The van der Waals surface area contributed by atoms with Gasteiger partial charge in [-0.05, 0) is 44.1 Å². The maximum Gasteiger partial charge on any atom is 0.250 e. The van der Waals surface area contributed by atoms with Gasteiger partial charge in [-0.25, -0.2) is 0 Å². The maximum absolute atomic E-state index is 12.9. The largest absolute Gasteiger partial charge is 0.543 e. The molecule has 0 bridgehead atoms. The fourth-order valence-corrected chi connectivity index (χ4v) is 3.28. The van der Waals surface area contributed by atoms with Crippen LogP contribution in [0.25, 0.3) is 0 Å².